The van der Waals surface area contributed by atoms with E-state index >= 15 is 0 Å². The summed E-state index contributed by atoms with van der Waals surface area (Å²) in [4.78, 5) is 31.0. The molecular weight excluding hydrogens is 334 g/mol. The van der Waals surface area contributed by atoms with E-state index in [4.69, 9.17) is 10.5 Å². The smallest absolute Gasteiger partial charge is 0.263 e. The third-order valence-electron chi connectivity index (χ3n) is 3.99. The van der Waals surface area contributed by atoms with Gasteiger partial charge in [-0.1, -0.05) is 11.8 Å². The maximum absolute atomic E-state index is 13.0. The van der Waals surface area contributed by atoms with Gasteiger partial charge in [0.2, 0.25) is 5.91 Å². The number of nitrogens with two attached hydrogens (primary N) is 1. The lowest BCUT2D eigenvalue weighted by Gasteiger charge is -2.13. The Bertz CT molecular complexity index is 812. The Balaban J connectivity index is 2.13. The van der Waals surface area contributed by atoms with Crippen molar-refractivity contribution in [1.29, 1.82) is 0 Å². The van der Waals surface area contributed by atoms with E-state index in [9.17, 15) is 9.59 Å². The first kappa shape index (κ1) is 16.5. The summed E-state index contributed by atoms with van der Waals surface area (Å²) in [6.45, 7) is 2.55. The number of methoxy groups -OCH3 is 1. The molecule has 2 heterocycles. The molecule has 2 aromatic rings. The first-order valence-corrected chi connectivity index (χ1v) is 9.22. The van der Waals surface area contributed by atoms with Crippen LogP contribution in [-0.4, -0.2) is 34.4 Å². The van der Waals surface area contributed by atoms with Crippen molar-refractivity contribution in [2.45, 2.75) is 43.1 Å². The van der Waals surface area contributed by atoms with Crippen molar-refractivity contribution in [1.82, 2.24) is 9.55 Å². The van der Waals surface area contributed by atoms with Crippen LogP contribution in [0.15, 0.2) is 9.95 Å². The van der Waals surface area contributed by atoms with Crippen LogP contribution in [0.1, 0.15) is 23.8 Å². The molecule has 2 aromatic heterocycles. The molecule has 0 radical (unpaired) electrons. The van der Waals surface area contributed by atoms with Gasteiger partial charge in [0.1, 0.15) is 4.83 Å². The highest BCUT2D eigenvalue weighted by atomic mass is 32.2. The number of rotatable bonds is 6. The van der Waals surface area contributed by atoms with Crippen molar-refractivity contribution < 1.29 is 9.53 Å². The van der Waals surface area contributed by atoms with Gasteiger partial charge in [0.25, 0.3) is 5.56 Å². The van der Waals surface area contributed by atoms with Gasteiger partial charge in [-0.3, -0.25) is 14.2 Å². The van der Waals surface area contributed by atoms with Crippen molar-refractivity contribution in [2.24, 2.45) is 5.73 Å². The molecule has 0 bridgehead atoms. The normalized spacial score (nSPS) is 15.0. The van der Waals surface area contributed by atoms with E-state index in [1.165, 1.54) is 16.6 Å². The number of aromatic nitrogens is 2. The summed E-state index contributed by atoms with van der Waals surface area (Å²) in [6, 6.07) is 0. The second kappa shape index (κ2) is 6.62. The Kier molecular flexibility index (Phi) is 4.74. The van der Waals surface area contributed by atoms with Crippen LogP contribution >= 0.6 is 23.1 Å². The van der Waals surface area contributed by atoms with Gasteiger partial charge in [0, 0.05) is 12.0 Å². The fraction of sp³-hybridized carbons (Fsp3) is 0.533. The van der Waals surface area contributed by atoms with Crippen LogP contribution in [0.2, 0.25) is 0 Å². The fourth-order valence-corrected chi connectivity index (χ4v) is 4.93. The number of aryl methyl sites for hydroxylation is 2. The number of ether oxygens (including phenoxy) is 1. The van der Waals surface area contributed by atoms with Gasteiger partial charge in [0.15, 0.2) is 5.16 Å². The molecule has 0 spiro atoms. The Morgan fingerprint density at radius 1 is 1.52 bits per heavy atom. The summed E-state index contributed by atoms with van der Waals surface area (Å²) in [7, 11) is 1.60. The lowest BCUT2D eigenvalue weighted by Crippen LogP contribution is -2.28. The molecule has 0 unspecified atom stereocenters. The first-order chi connectivity index (χ1) is 11.0. The molecular formula is C15H19N3O3S2. The van der Waals surface area contributed by atoms with E-state index in [-0.39, 0.29) is 5.56 Å². The second-order valence-corrected chi connectivity index (χ2v) is 7.94. The molecule has 0 saturated heterocycles. The van der Waals surface area contributed by atoms with Crippen molar-refractivity contribution in [3.8, 4) is 0 Å². The summed E-state index contributed by atoms with van der Waals surface area (Å²) in [6.07, 6.45) is 3.07. The zero-order chi connectivity index (χ0) is 16.6. The van der Waals surface area contributed by atoms with Crippen LogP contribution in [0.25, 0.3) is 10.2 Å². The molecule has 0 saturated carbocycles. The quantitative estimate of drug-likeness (QED) is 0.629. The van der Waals surface area contributed by atoms with Crippen molar-refractivity contribution in [2.75, 3.05) is 13.7 Å². The molecule has 124 valence electrons. The third-order valence-corrected chi connectivity index (χ3v) is 6.29. The topological polar surface area (TPSA) is 87.2 Å². The molecule has 8 heteroatoms. The average molecular weight is 353 g/mol. The Hall–Kier alpha value is -1.38. The number of carbonyl (C=O) groups is 1. The molecule has 6 nitrogen and oxygen atoms in total. The number of nitrogens with zero attached hydrogens (tertiary/aromatic N) is 2. The minimum Gasteiger partial charge on any atom is -0.383 e. The highest BCUT2D eigenvalue weighted by Crippen LogP contribution is 2.35. The summed E-state index contributed by atoms with van der Waals surface area (Å²) in [5.41, 5.74) is 6.47. The lowest BCUT2D eigenvalue weighted by molar-refractivity contribution is -0.117. The average Bonchev–Trinajstić information content (AvgIpc) is 3.06. The molecule has 3 rings (SSSR count). The van der Waals surface area contributed by atoms with Gasteiger partial charge < -0.3 is 10.5 Å². The number of hydrogen-bond donors (Lipinski definition) is 1. The van der Waals surface area contributed by atoms with E-state index in [1.807, 2.05) is 0 Å². The largest absolute Gasteiger partial charge is 0.383 e. The number of thiophene rings is 1. The summed E-state index contributed by atoms with van der Waals surface area (Å²) < 4.78 is 6.72. The van der Waals surface area contributed by atoms with E-state index in [0.29, 0.717) is 18.3 Å². The maximum Gasteiger partial charge on any atom is 0.263 e. The van der Waals surface area contributed by atoms with Gasteiger partial charge >= 0.3 is 0 Å². The number of hydrogen-bond acceptors (Lipinski definition) is 6. The molecule has 0 fully saturated rings. The minimum absolute atomic E-state index is 0.0365. The molecule has 1 amide bonds. The second-order valence-electron chi connectivity index (χ2n) is 5.54. The predicted molar refractivity (Wildman–Crippen MR) is 92.3 cm³/mol. The van der Waals surface area contributed by atoms with Gasteiger partial charge in [-0.25, -0.2) is 4.98 Å². The Labute approximate surface area is 142 Å². The van der Waals surface area contributed by atoms with Crippen LogP contribution in [0.3, 0.4) is 0 Å². The number of fused-ring (bicyclic) bond motifs is 3. The zero-order valence-corrected chi connectivity index (χ0v) is 14.8. The molecule has 23 heavy (non-hydrogen) atoms. The van der Waals surface area contributed by atoms with Crippen LogP contribution in [-0.2, 0) is 28.9 Å². The fourth-order valence-electron chi connectivity index (χ4n) is 2.74. The lowest BCUT2D eigenvalue weighted by atomic mass is 10.2. The van der Waals surface area contributed by atoms with Gasteiger partial charge in [-0.05, 0) is 31.7 Å². The first-order valence-electron chi connectivity index (χ1n) is 7.53. The van der Waals surface area contributed by atoms with E-state index in [1.54, 1.807) is 29.9 Å². The molecule has 1 aliphatic rings. The van der Waals surface area contributed by atoms with Crippen LogP contribution in [0.4, 0.5) is 0 Å². The Morgan fingerprint density at radius 2 is 2.30 bits per heavy atom. The van der Waals surface area contributed by atoms with Gasteiger partial charge in [0.05, 0.1) is 23.8 Å². The van der Waals surface area contributed by atoms with E-state index in [2.05, 4.69) is 4.98 Å². The summed E-state index contributed by atoms with van der Waals surface area (Å²) in [5.74, 6) is -0.420. The van der Waals surface area contributed by atoms with Crippen molar-refractivity contribution in [3.05, 3.63) is 20.8 Å². The molecule has 1 atom stereocenters. The molecule has 0 aromatic carbocycles. The third kappa shape index (κ3) is 3.02. The van der Waals surface area contributed by atoms with Gasteiger partial charge in [-0.2, -0.15) is 0 Å². The van der Waals surface area contributed by atoms with Crippen LogP contribution in [0, 0.1) is 0 Å². The van der Waals surface area contributed by atoms with E-state index < -0.39 is 11.2 Å². The molecule has 1 aliphatic carbocycles. The molecule has 2 N–H and O–H groups in total. The van der Waals surface area contributed by atoms with Crippen molar-refractivity contribution >= 4 is 39.2 Å². The summed E-state index contributed by atoms with van der Waals surface area (Å²) in [5, 5.41) is 0.834. The van der Waals surface area contributed by atoms with Crippen molar-refractivity contribution in [3.63, 3.8) is 0 Å². The maximum atomic E-state index is 13.0. The SMILES string of the molecule is COCCn1c(S[C@H](C)C(N)=O)nc2sc3c(c2c1=O)CCC3. The standard InChI is InChI=1S/C15H19N3O3S2/c1-8(12(16)19)22-15-17-13-11(9-4-3-5-10(9)23-13)14(20)18(15)6-7-21-2/h8H,3-7H2,1-2H3,(H2,16,19)/t8-/m1/s1. The number of primary amides is 1. The van der Waals surface area contributed by atoms with E-state index in [0.717, 1.165) is 35.0 Å². The number of carbonyl (C=O) groups excluding carboxylic acids is 1. The highest BCUT2D eigenvalue weighted by molar-refractivity contribution is 8.00. The summed E-state index contributed by atoms with van der Waals surface area (Å²) >= 11 is 2.82. The monoisotopic (exact) mass is 353 g/mol. The van der Waals surface area contributed by atoms with Gasteiger partial charge in [-0.15, -0.1) is 11.3 Å². The highest BCUT2D eigenvalue weighted by Gasteiger charge is 2.24. The van der Waals surface area contributed by atoms with Crippen LogP contribution < -0.4 is 11.3 Å². The molecule has 0 aliphatic heterocycles. The minimum atomic E-state index is -0.444. The zero-order valence-electron chi connectivity index (χ0n) is 13.1. The van der Waals surface area contributed by atoms with Crippen LogP contribution in [0.5, 0.6) is 0 Å². The number of thioether (sulfide) groups is 1. The predicted octanol–water partition coefficient (Wildman–Crippen LogP) is 1.56. The number of amides is 1. The Morgan fingerprint density at radius 3 is 3.00 bits per heavy atom.